The third-order valence-electron chi connectivity index (χ3n) is 6.11. The summed E-state index contributed by atoms with van der Waals surface area (Å²) < 4.78 is 17.0. The molecule has 5 rings (SSSR count). The van der Waals surface area contributed by atoms with Gasteiger partial charge in [-0.3, -0.25) is 4.68 Å². The third kappa shape index (κ3) is 3.32. The van der Waals surface area contributed by atoms with Gasteiger partial charge < -0.3 is 5.11 Å². The van der Waals surface area contributed by atoms with Gasteiger partial charge in [0.1, 0.15) is 10.8 Å². The molecule has 0 aliphatic heterocycles. The number of aliphatic hydroxyl groups is 1. The highest BCUT2D eigenvalue weighted by Crippen LogP contribution is 2.51. The first-order valence-corrected chi connectivity index (χ1v) is 10.8. The van der Waals surface area contributed by atoms with E-state index in [0.29, 0.717) is 5.25 Å². The summed E-state index contributed by atoms with van der Waals surface area (Å²) in [5.41, 5.74) is 4.10. The van der Waals surface area contributed by atoms with Gasteiger partial charge in [-0.25, -0.2) is 9.07 Å². The van der Waals surface area contributed by atoms with Crippen LogP contribution in [0.25, 0.3) is 11.8 Å². The fourth-order valence-corrected chi connectivity index (χ4v) is 5.91. The largest absolute Gasteiger partial charge is 0.395 e. The van der Waals surface area contributed by atoms with Gasteiger partial charge in [0, 0.05) is 23.9 Å². The van der Waals surface area contributed by atoms with Crippen molar-refractivity contribution >= 4 is 17.8 Å². The first kappa shape index (κ1) is 18.6. The van der Waals surface area contributed by atoms with Gasteiger partial charge in [0.2, 0.25) is 0 Å². The maximum absolute atomic E-state index is 13.3. The van der Waals surface area contributed by atoms with Gasteiger partial charge in [0.25, 0.3) is 0 Å². The zero-order valence-electron chi connectivity index (χ0n) is 16.3. The highest BCUT2D eigenvalue weighted by molar-refractivity contribution is 7.99. The van der Waals surface area contributed by atoms with E-state index >= 15 is 0 Å². The van der Waals surface area contributed by atoms with E-state index in [1.807, 2.05) is 46.6 Å². The van der Waals surface area contributed by atoms with Crippen LogP contribution in [0.1, 0.15) is 30.5 Å². The average Bonchev–Trinajstić information content (AvgIpc) is 3.32. The number of benzene rings is 1. The monoisotopic (exact) mass is 410 g/mol. The maximum atomic E-state index is 13.3. The predicted octanol–water partition coefficient (Wildman–Crippen LogP) is 4.01. The molecule has 1 aromatic carbocycles. The number of aromatic nitrogens is 4. The second-order valence-electron chi connectivity index (χ2n) is 8.04. The van der Waals surface area contributed by atoms with Crippen LogP contribution in [0, 0.1) is 11.2 Å². The molecular weight excluding hydrogens is 387 g/mol. The third-order valence-corrected chi connectivity index (χ3v) is 7.31. The quantitative estimate of drug-likeness (QED) is 0.706. The van der Waals surface area contributed by atoms with Crippen LogP contribution in [0.15, 0.2) is 53.3 Å². The van der Waals surface area contributed by atoms with Crippen molar-refractivity contribution in [1.82, 2.24) is 19.6 Å². The Bertz CT molecular complexity index is 1070. The van der Waals surface area contributed by atoms with E-state index in [4.69, 9.17) is 0 Å². The molecule has 150 valence electrons. The zero-order valence-corrected chi connectivity index (χ0v) is 17.1. The number of nitrogens with zero attached hydrogens (tertiary/aromatic N) is 4. The van der Waals surface area contributed by atoms with Crippen molar-refractivity contribution in [1.29, 1.82) is 0 Å². The van der Waals surface area contributed by atoms with Crippen LogP contribution >= 0.6 is 11.8 Å². The van der Waals surface area contributed by atoms with E-state index in [1.165, 1.54) is 17.7 Å². The summed E-state index contributed by atoms with van der Waals surface area (Å²) in [4.78, 5) is 0. The molecule has 5 nitrogen and oxygen atoms in total. The van der Waals surface area contributed by atoms with Crippen molar-refractivity contribution in [3.05, 3.63) is 65.4 Å². The van der Waals surface area contributed by atoms with Gasteiger partial charge in [0.05, 0.1) is 24.2 Å². The van der Waals surface area contributed by atoms with Crippen LogP contribution < -0.4 is 0 Å². The summed E-state index contributed by atoms with van der Waals surface area (Å²) in [5.74, 6) is -0.254. The van der Waals surface area contributed by atoms with Crippen molar-refractivity contribution in [2.24, 2.45) is 12.5 Å². The van der Waals surface area contributed by atoms with E-state index < -0.39 is 0 Å². The summed E-state index contributed by atoms with van der Waals surface area (Å²) >= 11 is 1.81. The molecule has 1 saturated carbocycles. The molecule has 3 aromatic rings. The van der Waals surface area contributed by atoms with Crippen LogP contribution in [0.2, 0.25) is 0 Å². The fraction of sp³-hybridized carbons (Fsp3) is 0.364. The molecule has 0 amide bonds. The SMILES string of the molecule is Cn1ccc(S[C@H]2CCC3=Cc4c(cnn4-c4ccc(F)cc4)C[C@]3(CO)C2)n1. The molecule has 0 radical (unpaired) electrons. The molecule has 2 heterocycles. The molecule has 0 spiro atoms. The molecule has 7 heteroatoms. The minimum Gasteiger partial charge on any atom is -0.395 e. The summed E-state index contributed by atoms with van der Waals surface area (Å²) in [7, 11) is 1.93. The summed E-state index contributed by atoms with van der Waals surface area (Å²) in [5, 5.41) is 20.9. The van der Waals surface area contributed by atoms with Crippen LogP contribution in [-0.4, -0.2) is 36.5 Å². The maximum Gasteiger partial charge on any atom is 0.123 e. The molecule has 1 fully saturated rings. The number of rotatable bonds is 4. The molecule has 2 aliphatic carbocycles. The lowest BCUT2D eigenvalue weighted by Gasteiger charge is -2.43. The van der Waals surface area contributed by atoms with Gasteiger partial charge in [-0.05, 0) is 67.7 Å². The van der Waals surface area contributed by atoms with E-state index in [0.717, 1.165) is 47.7 Å². The Morgan fingerprint density at radius 1 is 1.28 bits per heavy atom. The van der Waals surface area contributed by atoms with Crippen molar-refractivity contribution < 1.29 is 9.50 Å². The Morgan fingerprint density at radius 2 is 2.10 bits per heavy atom. The smallest absolute Gasteiger partial charge is 0.123 e. The Morgan fingerprint density at radius 3 is 2.83 bits per heavy atom. The Hall–Kier alpha value is -2.38. The lowest BCUT2D eigenvalue weighted by Crippen LogP contribution is -2.39. The summed E-state index contributed by atoms with van der Waals surface area (Å²) in [6.07, 6.45) is 9.79. The lowest BCUT2D eigenvalue weighted by atomic mass is 9.65. The van der Waals surface area contributed by atoms with Gasteiger partial charge in [0.15, 0.2) is 0 Å². The molecule has 29 heavy (non-hydrogen) atoms. The normalized spacial score (nSPS) is 23.4. The number of hydrogen-bond acceptors (Lipinski definition) is 4. The Labute approximate surface area is 173 Å². The molecule has 0 bridgehead atoms. The van der Waals surface area contributed by atoms with Crippen molar-refractivity contribution in [2.45, 2.75) is 36.0 Å². The molecule has 2 atom stereocenters. The average molecular weight is 411 g/mol. The van der Waals surface area contributed by atoms with Crippen LogP contribution in [0.3, 0.4) is 0 Å². The van der Waals surface area contributed by atoms with E-state index in [2.05, 4.69) is 16.3 Å². The molecule has 2 aromatic heterocycles. The minimum absolute atomic E-state index is 0.138. The topological polar surface area (TPSA) is 55.9 Å². The molecule has 0 unspecified atom stereocenters. The van der Waals surface area contributed by atoms with Crippen LogP contribution in [-0.2, 0) is 13.5 Å². The second-order valence-corrected chi connectivity index (χ2v) is 9.36. The van der Waals surface area contributed by atoms with E-state index in [-0.39, 0.29) is 17.8 Å². The van der Waals surface area contributed by atoms with Crippen molar-refractivity contribution in [2.75, 3.05) is 6.61 Å². The standard InChI is InChI=1S/C22H23FN4OS/c1-26-9-8-21(25-26)29-19-7-2-16-10-20-15(11-22(16,12-19)14-28)13-24-27(20)18-5-3-17(23)4-6-18/h3-6,8-10,13,19,28H,2,7,11-12,14H2,1H3/t19-,22+/m0/s1. The van der Waals surface area contributed by atoms with Gasteiger partial charge in [-0.2, -0.15) is 10.2 Å². The van der Waals surface area contributed by atoms with Gasteiger partial charge in [-0.1, -0.05) is 5.57 Å². The molecule has 0 saturated heterocycles. The molecular formula is C22H23FN4OS. The summed E-state index contributed by atoms with van der Waals surface area (Å²) in [6, 6.07) is 8.45. The van der Waals surface area contributed by atoms with Gasteiger partial charge in [-0.15, -0.1) is 11.8 Å². The Kier molecular flexibility index (Phi) is 4.59. The number of halogens is 1. The van der Waals surface area contributed by atoms with Crippen LogP contribution in [0.5, 0.6) is 0 Å². The number of fused-ring (bicyclic) bond motifs is 2. The van der Waals surface area contributed by atoms with E-state index in [1.54, 1.807) is 12.1 Å². The number of aliphatic hydroxyl groups excluding tert-OH is 1. The van der Waals surface area contributed by atoms with Crippen molar-refractivity contribution in [3.8, 4) is 5.69 Å². The predicted molar refractivity (Wildman–Crippen MR) is 111 cm³/mol. The summed E-state index contributed by atoms with van der Waals surface area (Å²) in [6.45, 7) is 0.138. The zero-order chi connectivity index (χ0) is 20.0. The second kappa shape index (κ2) is 7.15. The minimum atomic E-state index is -0.254. The highest BCUT2D eigenvalue weighted by Gasteiger charge is 2.43. The van der Waals surface area contributed by atoms with Gasteiger partial charge >= 0.3 is 0 Å². The molecule has 2 aliphatic rings. The van der Waals surface area contributed by atoms with E-state index in [9.17, 15) is 9.50 Å². The first-order chi connectivity index (χ1) is 14.1. The number of thioether (sulfide) groups is 1. The fourth-order valence-electron chi connectivity index (χ4n) is 4.61. The highest BCUT2D eigenvalue weighted by atomic mass is 32.2. The number of hydrogen-bond donors (Lipinski definition) is 1. The number of aryl methyl sites for hydroxylation is 1. The Balaban J connectivity index is 1.44. The lowest BCUT2D eigenvalue weighted by molar-refractivity contribution is 0.131. The first-order valence-electron chi connectivity index (χ1n) is 9.87. The molecule has 1 N–H and O–H groups in total. The van der Waals surface area contributed by atoms with Crippen LogP contribution in [0.4, 0.5) is 4.39 Å². The van der Waals surface area contributed by atoms with Crippen molar-refractivity contribution in [3.63, 3.8) is 0 Å².